The van der Waals surface area contributed by atoms with Gasteiger partial charge in [-0.1, -0.05) is 6.92 Å². The number of hydrogen-bond acceptors (Lipinski definition) is 3. The Balaban J connectivity index is 2.20. The predicted molar refractivity (Wildman–Crippen MR) is 52.4 cm³/mol. The molecule has 2 atom stereocenters. The molecule has 1 saturated heterocycles. The molecule has 0 bridgehead atoms. The Morgan fingerprint density at radius 3 is 3.00 bits per heavy atom. The van der Waals surface area contributed by atoms with E-state index in [1.54, 1.807) is 0 Å². The highest BCUT2D eigenvalue weighted by Gasteiger charge is 2.21. The normalized spacial score (nSPS) is 23.0. The fourth-order valence-electron chi connectivity index (χ4n) is 1.37. The van der Waals surface area contributed by atoms with Crippen molar-refractivity contribution in [3.8, 4) is 0 Å². The van der Waals surface area contributed by atoms with E-state index in [-0.39, 0.29) is 17.9 Å². The van der Waals surface area contributed by atoms with Crippen LogP contribution in [0.1, 0.15) is 26.2 Å². The molecule has 14 heavy (non-hydrogen) atoms. The second-order valence-electron chi connectivity index (χ2n) is 3.56. The lowest BCUT2D eigenvalue weighted by Gasteiger charge is -2.13. The molecule has 1 rings (SSSR count). The van der Waals surface area contributed by atoms with Crippen LogP contribution in [-0.2, 0) is 9.59 Å². The van der Waals surface area contributed by atoms with Crippen LogP contribution >= 0.6 is 0 Å². The van der Waals surface area contributed by atoms with Crippen LogP contribution < -0.4 is 16.4 Å². The molecule has 1 aliphatic heterocycles. The molecule has 80 valence electrons. The second kappa shape index (κ2) is 4.95. The van der Waals surface area contributed by atoms with Crippen molar-refractivity contribution in [2.75, 3.05) is 6.54 Å². The lowest BCUT2D eigenvalue weighted by Crippen LogP contribution is -2.45. The second-order valence-corrected chi connectivity index (χ2v) is 3.56. The average molecular weight is 199 g/mol. The zero-order chi connectivity index (χ0) is 10.6. The number of nitrogens with one attached hydrogen (secondary N) is 2. The van der Waals surface area contributed by atoms with Crippen molar-refractivity contribution in [2.45, 2.75) is 38.3 Å². The Bertz CT molecular complexity index is 230. The van der Waals surface area contributed by atoms with E-state index in [4.69, 9.17) is 5.73 Å². The van der Waals surface area contributed by atoms with E-state index in [0.29, 0.717) is 19.4 Å². The Morgan fingerprint density at radius 1 is 1.79 bits per heavy atom. The summed E-state index contributed by atoms with van der Waals surface area (Å²) in [5, 5.41) is 5.49. The summed E-state index contributed by atoms with van der Waals surface area (Å²) in [6.07, 6.45) is 1.98. The molecule has 1 aliphatic rings. The summed E-state index contributed by atoms with van der Waals surface area (Å²) in [6, 6.07) is -0.359. The van der Waals surface area contributed by atoms with Gasteiger partial charge in [0.15, 0.2) is 0 Å². The van der Waals surface area contributed by atoms with Gasteiger partial charge in [0.25, 0.3) is 0 Å². The summed E-state index contributed by atoms with van der Waals surface area (Å²) in [6.45, 7) is 2.35. The molecular formula is C9H17N3O2. The van der Waals surface area contributed by atoms with Crippen LogP contribution in [0.25, 0.3) is 0 Å². The van der Waals surface area contributed by atoms with Crippen LogP contribution in [0.15, 0.2) is 0 Å². The zero-order valence-corrected chi connectivity index (χ0v) is 8.38. The molecule has 0 aromatic heterocycles. The fourth-order valence-corrected chi connectivity index (χ4v) is 1.37. The Morgan fingerprint density at radius 2 is 2.50 bits per heavy atom. The molecule has 0 aromatic carbocycles. The molecule has 0 saturated carbocycles. The maximum Gasteiger partial charge on any atom is 0.236 e. The van der Waals surface area contributed by atoms with Crippen LogP contribution in [0.2, 0.25) is 0 Å². The number of hydrogen-bond donors (Lipinski definition) is 3. The lowest BCUT2D eigenvalue weighted by atomic mass is 10.2. The summed E-state index contributed by atoms with van der Waals surface area (Å²) < 4.78 is 0. The SMILES string of the molecule is CC[C@@H](N)C(=O)NCC1CCC(=O)N1. The van der Waals surface area contributed by atoms with Gasteiger partial charge in [0, 0.05) is 19.0 Å². The smallest absolute Gasteiger partial charge is 0.236 e. The quantitative estimate of drug-likeness (QED) is 0.549. The molecule has 1 unspecified atom stereocenters. The number of carbonyl (C=O) groups excluding carboxylic acids is 2. The van der Waals surface area contributed by atoms with Gasteiger partial charge in [0.1, 0.15) is 0 Å². The van der Waals surface area contributed by atoms with E-state index in [9.17, 15) is 9.59 Å². The summed E-state index contributed by atoms with van der Waals surface area (Å²) >= 11 is 0. The van der Waals surface area contributed by atoms with Gasteiger partial charge in [-0.25, -0.2) is 0 Å². The van der Waals surface area contributed by atoms with E-state index >= 15 is 0 Å². The van der Waals surface area contributed by atoms with Crippen LogP contribution in [0.5, 0.6) is 0 Å². The third-order valence-corrected chi connectivity index (χ3v) is 2.38. The van der Waals surface area contributed by atoms with Crippen molar-refractivity contribution in [3.63, 3.8) is 0 Å². The molecule has 0 aromatic rings. The van der Waals surface area contributed by atoms with Crippen molar-refractivity contribution in [2.24, 2.45) is 5.73 Å². The standard InChI is InChI=1S/C9H17N3O2/c1-2-7(10)9(14)11-5-6-3-4-8(13)12-6/h6-7H,2-5,10H2,1H3,(H,11,14)(H,12,13)/t6?,7-/m1/s1. The summed E-state index contributed by atoms with van der Waals surface area (Å²) in [5.41, 5.74) is 5.53. The highest BCUT2D eigenvalue weighted by molar-refractivity contribution is 5.82. The third-order valence-electron chi connectivity index (χ3n) is 2.38. The Labute approximate surface area is 83.4 Å². The Kier molecular flexibility index (Phi) is 3.88. The van der Waals surface area contributed by atoms with E-state index in [1.165, 1.54) is 0 Å². The highest BCUT2D eigenvalue weighted by Crippen LogP contribution is 2.04. The average Bonchev–Trinajstić information content (AvgIpc) is 2.59. The van der Waals surface area contributed by atoms with Crippen LogP contribution in [-0.4, -0.2) is 30.4 Å². The highest BCUT2D eigenvalue weighted by atomic mass is 16.2. The third kappa shape index (κ3) is 2.99. The van der Waals surface area contributed by atoms with Crippen LogP contribution in [0.4, 0.5) is 0 Å². The Hall–Kier alpha value is -1.10. The molecule has 1 fully saturated rings. The minimum Gasteiger partial charge on any atom is -0.353 e. The molecular weight excluding hydrogens is 182 g/mol. The number of amides is 2. The summed E-state index contributed by atoms with van der Waals surface area (Å²) in [4.78, 5) is 22.1. The summed E-state index contributed by atoms with van der Waals surface area (Å²) in [7, 11) is 0. The van der Waals surface area contributed by atoms with Crippen molar-refractivity contribution in [1.82, 2.24) is 10.6 Å². The first-order chi connectivity index (χ1) is 6.63. The first-order valence-electron chi connectivity index (χ1n) is 4.96. The molecule has 0 aliphatic carbocycles. The maximum atomic E-state index is 11.3. The van der Waals surface area contributed by atoms with E-state index in [2.05, 4.69) is 10.6 Å². The predicted octanol–water partition coefficient (Wildman–Crippen LogP) is -0.881. The number of rotatable bonds is 4. The van der Waals surface area contributed by atoms with Crippen molar-refractivity contribution < 1.29 is 9.59 Å². The molecule has 1 heterocycles. The van der Waals surface area contributed by atoms with Gasteiger partial charge < -0.3 is 16.4 Å². The fraction of sp³-hybridized carbons (Fsp3) is 0.778. The van der Waals surface area contributed by atoms with Gasteiger partial charge in [-0.15, -0.1) is 0 Å². The van der Waals surface area contributed by atoms with Gasteiger partial charge >= 0.3 is 0 Å². The molecule has 0 spiro atoms. The van der Waals surface area contributed by atoms with Gasteiger partial charge in [-0.05, 0) is 12.8 Å². The maximum absolute atomic E-state index is 11.3. The molecule has 5 nitrogen and oxygen atoms in total. The first-order valence-corrected chi connectivity index (χ1v) is 4.96. The van der Waals surface area contributed by atoms with Crippen LogP contribution in [0.3, 0.4) is 0 Å². The van der Waals surface area contributed by atoms with E-state index in [0.717, 1.165) is 6.42 Å². The van der Waals surface area contributed by atoms with Gasteiger partial charge in [0.05, 0.1) is 6.04 Å². The molecule has 2 amide bonds. The first kappa shape index (κ1) is 11.0. The van der Waals surface area contributed by atoms with E-state index < -0.39 is 6.04 Å². The van der Waals surface area contributed by atoms with Gasteiger partial charge in [-0.2, -0.15) is 0 Å². The number of nitrogens with two attached hydrogens (primary N) is 1. The number of carbonyl (C=O) groups is 2. The summed E-state index contributed by atoms with van der Waals surface area (Å²) in [5.74, 6) is -0.0855. The molecule has 0 radical (unpaired) electrons. The molecule has 4 N–H and O–H groups in total. The van der Waals surface area contributed by atoms with Crippen LogP contribution in [0, 0.1) is 0 Å². The van der Waals surface area contributed by atoms with Crippen molar-refractivity contribution in [1.29, 1.82) is 0 Å². The minimum absolute atomic E-state index is 0.0593. The van der Waals surface area contributed by atoms with Crippen molar-refractivity contribution in [3.05, 3.63) is 0 Å². The minimum atomic E-state index is -0.438. The lowest BCUT2D eigenvalue weighted by molar-refractivity contribution is -0.123. The van der Waals surface area contributed by atoms with E-state index in [1.807, 2.05) is 6.92 Å². The van der Waals surface area contributed by atoms with Crippen molar-refractivity contribution >= 4 is 11.8 Å². The monoisotopic (exact) mass is 199 g/mol. The topological polar surface area (TPSA) is 84.2 Å². The molecule has 5 heteroatoms. The van der Waals surface area contributed by atoms with Gasteiger partial charge in [0.2, 0.25) is 11.8 Å². The largest absolute Gasteiger partial charge is 0.353 e. The zero-order valence-electron chi connectivity index (χ0n) is 8.38. The van der Waals surface area contributed by atoms with Gasteiger partial charge in [-0.3, -0.25) is 9.59 Å².